The average molecular weight is 383 g/mol. The summed E-state index contributed by atoms with van der Waals surface area (Å²) in [6.45, 7) is 4.15. The highest BCUT2D eigenvalue weighted by atomic mass is 16.5. The van der Waals surface area contributed by atoms with Crippen LogP contribution in [0.25, 0.3) is 0 Å². The van der Waals surface area contributed by atoms with E-state index in [1.54, 1.807) is 14.2 Å². The van der Waals surface area contributed by atoms with E-state index in [9.17, 15) is 4.79 Å². The van der Waals surface area contributed by atoms with Crippen molar-refractivity contribution in [1.82, 2.24) is 10.2 Å². The minimum atomic E-state index is 0.0834. The molecule has 0 bridgehead atoms. The molecule has 2 aromatic carbocycles. The van der Waals surface area contributed by atoms with Crippen molar-refractivity contribution in [2.24, 2.45) is 0 Å². The number of nitrogens with zero attached hydrogens (tertiary/aromatic N) is 1. The molecule has 1 atom stereocenters. The van der Waals surface area contributed by atoms with Crippen molar-refractivity contribution >= 4 is 5.91 Å². The van der Waals surface area contributed by atoms with Crippen LogP contribution in [-0.4, -0.2) is 44.7 Å². The third kappa shape index (κ3) is 5.04. The fourth-order valence-corrected chi connectivity index (χ4v) is 3.89. The molecule has 0 aromatic heterocycles. The number of aryl methyl sites for hydroxylation is 1. The molecule has 1 saturated heterocycles. The Balaban J connectivity index is 1.50. The van der Waals surface area contributed by atoms with Gasteiger partial charge in [-0.25, -0.2) is 0 Å². The second kappa shape index (κ2) is 9.60. The van der Waals surface area contributed by atoms with Crippen LogP contribution in [0.3, 0.4) is 0 Å². The van der Waals surface area contributed by atoms with Gasteiger partial charge in [0, 0.05) is 12.6 Å². The SMILES string of the molecule is COc1ccc(CCNC(=O)CN2CCCC2c2cccc(C)c2)cc1OC. The summed E-state index contributed by atoms with van der Waals surface area (Å²) in [5.74, 6) is 1.51. The normalized spacial score (nSPS) is 16.8. The average Bonchev–Trinajstić information content (AvgIpc) is 3.15. The van der Waals surface area contributed by atoms with Crippen LogP contribution in [0.5, 0.6) is 11.5 Å². The van der Waals surface area contributed by atoms with Crippen molar-refractivity contribution in [3.63, 3.8) is 0 Å². The van der Waals surface area contributed by atoms with Crippen LogP contribution >= 0.6 is 0 Å². The monoisotopic (exact) mass is 382 g/mol. The van der Waals surface area contributed by atoms with Crippen molar-refractivity contribution in [2.75, 3.05) is 33.9 Å². The van der Waals surface area contributed by atoms with Crippen LogP contribution in [0.4, 0.5) is 0 Å². The molecule has 0 aliphatic carbocycles. The summed E-state index contributed by atoms with van der Waals surface area (Å²) in [6.07, 6.45) is 3.01. The van der Waals surface area contributed by atoms with E-state index in [-0.39, 0.29) is 5.91 Å². The maximum atomic E-state index is 12.5. The lowest BCUT2D eigenvalue weighted by Crippen LogP contribution is -2.37. The summed E-state index contributed by atoms with van der Waals surface area (Å²) < 4.78 is 10.6. The number of ether oxygens (including phenoxy) is 2. The molecule has 0 spiro atoms. The number of nitrogens with one attached hydrogen (secondary N) is 1. The molecule has 1 heterocycles. The highest BCUT2D eigenvalue weighted by Crippen LogP contribution is 2.32. The van der Waals surface area contributed by atoms with E-state index in [1.165, 1.54) is 11.1 Å². The standard InChI is InChI=1S/C23H30N2O3/c1-17-6-4-7-19(14-17)20-8-5-13-25(20)16-23(26)24-12-11-18-9-10-21(27-2)22(15-18)28-3/h4,6-7,9-10,14-15,20H,5,8,11-13,16H2,1-3H3,(H,24,26). The lowest BCUT2D eigenvalue weighted by atomic mass is 10.0. The quantitative estimate of drug-likeness (QED) is 0.759. The van der Waals surface area contributed by atoms with Gasteiger partial charge in [0.2, 0.25) is 5.91 Å². The topological polar surface area (TPSA) is 50.8 Å². The molecule has 5 nitrogen and oxygen atoms in total. The van der Waals surface area contributed by atoms with Crippen molar-refractivity contribution in [3.05, 3.63) is 59.2 Å². The van der Waals surface area contributed by atoms with Crippen molar-refractivity contribution in [3.8, 4) is 11.5 Å². The molecule has 2 aromatic rings. The van der Waals surface area contributed by atoms with Crippen LogP contribution < -0.4 is 14.8 Å². The van der Waals surface area contributed by atoms with Gasteiger partial charge in [0.05, 0.1) is 20.8 Å². The molecular formula is C23H30N2O3. The first-order valence-electron chi connectivity index (χ1n) is 9.89. The van der Waals surface area contributed by atoms with Gasteiger partial charge in [-0.15, -0.1) is 0 Å². The van der Waals surface area contributed by atoms with Crippen LogP contribution in [0, 0.1) is 6.92 Å². The third-order valence-electron chi connectivity index (χ3n) is 5.32. The molecule has 1 fully saturated rings. The highest BCUT2D eigenvalue weighted by molar-refractivity contribution is 5.78. The summed E-state index contributed by atoms with van der Waals surface area (Å²) in [5.41, 5.74) is 3.69. The molecule has 150 valence electrons. The highest BCUT2D eigenvalue weighted by Gasteiger charge is 2.27. The molecule has 1 aliphatic rings. The molecule has 28 heavy (non-hydrogen) atoms. The van der Waals surface area contributed by atoms with Gasteiger partial charge >= 0.3 is 0 Å². The Hall–Kier alpha value is -2.53. The number of likely N-dealkylation sites (tertiary alicyclic amines) is 1. The van der Waals surface area contributed by atoms with Gasteiger partial charge in [-0.1, -0.05) is 35.9 Å². The summed E-state index contributed by atoms with van der Waals surface area (Å²) in [7, 11) is 3.25. The predicted molar refractivity (Wildman–Crippen MR) is 111 cm³/mol. The summed E-state index contributed by atoms with van der Waals surface area (Å²) in [5, 5.41) is 3.05. The zero-order valence-electron chi connectivity index (χ0n) is 17.0. The lowest BCUT2D eigenvalue weighted by Gasteiger charge is -2.24. The minimum Gasteiger partial charge on any atom is -0.493 e. The largest absolute Gasteiger partial charge is 0.493 e. The zero-order chi connectivity index (χ0) is 19.9. The molecule has 3 rings (SSSR count). The van der Waals surface area contributed by atoms with Gasteiger partial charge in [0.25, 0.3) is 0 Å². The van der Waals surface area contributed by atoms with Crippen LogP contribution in [0.2, 0.25) is 0 Å². The number of amides is 1. The number of hydrogen-bond acceptors (Lipinski definition) is 4. The number of carbonyl (C=O) groups is 1. The first-order valence-corrected chi connectivity index (χ1v) is 9.89. The zero-order valence-corrected chi connectivity index (χ0v) is 17.0. The molecule has 1 N–H and O–H groups in total. The van der Waals surface area contributed by atoms with E-state index in [4.69, 9.17) is 9.47 Å². The maximum Gasteiger partial charge on any atom is 0.234 e. The molecule has 1 unspecified atom stereocenters. The van der Waals surface area contributed by atoms with Crippen molar-refractivity contribution in [1.29, 1.82) is 0 Å². The Morgan fingerprint density at radius 3 is 2.71 bits per heavy atom. The van der Waals surface area contributed by atoms with Gasteiger partial charge < -0.3 is 14.8 Å². The Bertz CT molecular complexity index is 806. The summed E-state index contributed by atoms with van der Waals surface area (Å²) >= 11 is 0. The van der Waals surface area contributed by atoms with Crippen LogP contribution in [-0.2, 0) is 11.2 Å². The van der Waals surface area contributed by atoms with E-state index in [0.717, 1.165) is 31.4 Å². The van der Waals surface area contributed by atoms with E-state index in [2.05, 4.69) is 41.4 Å². The van der Waals surface area contributed by atoms with Crippen LogP contribution in [0.1, 0.15) is 35.6 Å². The van der Waals surface area contributed by atoms with Crippen molar-refractivity contribution in [2.45, 2.75) is 32.2 Å². The fourth-order valence-electron chi connectivity index (χ4n) is 3.89. The van der Waals surface area contributed by atoms with Gasteiger partial charge in [-0.2, -0.15) is 0 Å². The Labute approximate surface area is 167 Å². The van der Waals surface area contributed by atoms with Crippen molar-refractivity contribution < 1.29 is 14.3 Å². The smallest absolute Gasteiger partial charge is 0.234 e. The summed E-state index contributed by atoms with van der Waals surface area (Å²) in [4.78, 5) is 14.8. The predicted octanol–water partition coefficient (Wildman–Crippen LogP) is 3.51. The fraction of sp³-hybridized carbons (Fsp3) is 0.435. The van der Waals surface area contributed by atoms with E-state index >= 15 is 0 Å². The maximum absolute atomic E-state index is 12.5. The molecule has 5 heteroatoms. The first-order chi connectivity index (χ1) is 13.6. The van der Waals surface area contributed by atoms with Gasteiger partial charge in [0.15, 0.2) is 11.5 Å². The number of benzene rings is 2. The molecule has 1 amide bonds. The lowest BCUT2D eigenvalue weighted by molar-refractivity contribution is -0.122. The van der Waals surface area contributed by atoms with Gasteiger partial charge in [0.1, 0.15) is 0 Å². The number of hydrogen-bond donors (Lipinski definition) is 1. The second-order valence-corrected chi connectivity index (χ2v) is 7.33. The first kappa shape index (κ1) is 20.2. The molecular weight excluding hydrogens is 352 g/mol. The second-order valence-electron chi connectivity index (χ2n) is 7.33. The van der Waals surface area contributed by atoms with E-state index < -0.39 is 0 Å². The number of rotatable bonds is 8. The van der Waals surface area contributed by atoms with Gasteiger partial charge in [-0.3, -0.25) is 9.69 Å². The van der Waals surface area contributed by atoms with E-state index in [1.807, 2.05) is 18.2 Å². The van der Waals surface area contributed by atoms with Gasteiger partial charge in [-0.05, 0) is 56.0 Å². The minimum absolute atomic E-state index is 0.0834. The number of methoxy groups -OCH3 is 2. The molecule has 0 radical (unpaired) electrons. The Morgan fingerprint density at radius 2 is 1.96 bits per heavy atom. The summed E-state index contributed by atoms with van der Waals surface area (Å²) in [6, 6.07) is 14.8. The number of carbonyl (C=O) groups excluding carboxylic acids is 1. The van der Waals surface area contributed by atoms with E-state index in [0.29, 0.717) is 30.6 Å². The molecule has 0 saturated carbocycles. The van der Waals surface area contributed by atoms with Crippen LogP contribution in [0.15, 0.2) is 42.5 Å². The third-order valence-corrected chi connectivity index (χ3v) is 5.32. The molecule has 1 aliphatic heterocycles. The Morgan fingerprint density at radius 1 is 1.14 bits per heavy atom. The Kier molecular flexibility index (Phi) is 6.93.